The van der Waals surface area contributed by atoms with Gasteiger partial charge in [-0.25, -0.2) is 8.42 Å². The standard InChI is InChI=1S/C26H29N3O2S2/c30-33(31,29-18-8-3-9-19-29)24-16-14-23(15-17-24)28-26(32)27-20-25(21-10-4-1-5-11-21)22-12-6-2-7-13-22/h1-2,4-7,10-17,25H,3,8-9,18-20H2,(H2,27,28,32). The van der Waals surface area contributed by atoms with E-state index in [0.717, 1.165) is 24.9 Å². The Hall–Kier alpha value is -2.74. The number of anilines is 1. The first-order chi connectivity index (χ1) is 16.0. The molecule has 0 bridgehead atoms. The van der Waals surface area contributed by atoms with Crippen LogP contribution < -0.4 is 10.6 Å². The first kappa shape index (κ1) is 23.4. The molecule has 0 spiro atoms. The van der Waals surface area contributed by atoms with Crippen molar-refractivity contribution in [2.45, 2.75) is 30.1 Å². The fraction of sp³-hybridized carbons (Fsp3) is 0.269. The molecule has 7 heteroatoms. The number of thiocarbonyl (C=S) groups is 1. The number of nitrogens with one attached hydrogen (secondary N) is 2. The van der Waals surface area contributed by atoms with Crippen LogP contribution in [-0.4, -0.2) is 37.5 Å². The highest BCUT2D eigenvalue weighted by Gasteiger charge is 2.25. The molecule has 4 rings (SSSR count). The molecular formula is C26H29N3O2S2. The number of nitrogens with zero attached hydrogens (tertiary/aromatic N) is 1. The molecule has 172 valence electrons. The smallest absolute Gasteiger partial charge is 0.243 e. The first-order valence-corrected chi connectivity index (χ1v) is 13.1. The molecule has 1 heterocycles. The van der Waals surface area contributed by atoms with E-state index in [1.807, 2.05) is 36.4 Å². The van der Waals surface area contributed by atoms with Gasteiger partial charge in [-0.1, -0.05) is 67.1 Å². The van der Waals surface area contributed by atoms with Crippen LogP contribution in [0.3, 0.4) is 0 Å². The van der Waals surface area contributed by atoms with Gasteiger partial charge in [-0.2, -0.15) is 4.31 Å². The van der Waals surface area contributed by atoms with Gasteiger partial charge in [0.1, 0.15) is 0 Å². The fourth-order valence-corrected chi connectivity index (χ4v) is 5.85. The maximum Gasteiger partial charge on any atom is 0.243 e. The zero-order valence-corrected chi connectivity index (χ0v) is 20.1. The number of sulfonamides is 1. The molecule has 0 unspecified atom stereocenters. The Morgan fingerprint density at radius 1 is 0.818 bits per heavy atom. The predicted molar refractivity (Wildman–Crippen MR) is 138 cm³/mol. The van der Waals surface area contributed by atoms with Gasteiger partial charge in [0.15, 0.2) is 5.11 Å². The summed E-state index contributed by atoms with van der Waals surface area (Å²) in [6.07, 6.45) is 2.94. The van der Waals surface area contributed by atoms with E-state index in [0.29, 0.717) is 29.6 Å². The summed E-state index contributed by atoms with van der Waals surface area (Å²) >= 11 is 5.51. The molecule has 1 aliphatic heterocycles. The summed E-state index contributed by atoms with van der Waals surface area (Å²) < 4.78 is 27.3. The van der Waals surface area contributed by atoms with Crippen molar-refractivity contribution in [3.63, 3.8) is 0 Å². The van der Waals surface area contributed by atoms with Crippen LogP contribution in [0.5, 0.6) is 0 Å². The second-order valence-electron chi connectivity index (χ2n) is 8.20. The van der Waals surface area contributed by atoms with Crippen molar-refractivity contribution >= 4 is 33.0 Å². The van der Waals surface area contributed by atoms with Crippen LogP contribution in [-0.2, 0) is 10.0 Å². The second kappa shape index (κ2) is 10.9. The largest absolute Gasteiger partial charge is 0.361 e. The lowest BCUT2D eigenvalue weighted by molar-refractivity contribution is 0.346. The van der Waals surface area contributed by atoms with Gasteiger partial charge < -0.3 is 10.6 Å². The molecule has 3 aromatic carbocycles. The van der Waals surface area contributed by atoms with Gasteiger partial charge in [0.25, 0.3) is 0 Å². The zero-order valence-electron chi connectivity index (χ0n) is 18.5. The molecule has 3 aromatic rings. The Balaban J connectivity index is 1.39. The molecule has 0 aromatic heterocycles. The minimum atomic E-state index is -3.43. The van der Waals surface area contributed by atoms with Crippen LogP contribution in [0.1, 0.15) is 36.3 Å². The van der Waals surface area contributed by atoms with Crippen molar-refractivity contribution in [1.82, 2.24) is 9.62 Å². The lowest BCUT2D eigenvalue weighted by Crippen LogP contribution is -2.35. The molecule has 0 atom stereocenters. The van der Waals surface area contributed by atoms with E-state index in [1.54, 1.807) is 28.6 Å². The molecular weight excluding hydrogens is 450 g/mol. The third kappa shape index (κ3) is 5.99. The van der Waals surface area contributed by atoms with Gasteiger partial charge in [0, 0.05) is 31.2 Å². The maximum atomic E-state index is 12.8. The Kier molecular flexibility index (Phi) is 7.75. The lowest BCUT2D eigenvalue weighted by Gasteiger charge is -2.26. The number of piperidine rings is 1. The van der Waals surface area contributed by atoms with Crippen molar-refractivity contribution in [3.8, 4) is 0 Å². The van der Waals surface area contributed by atoms with Gasteiger partial charge in [-0.15, -0.1) is 0 Å². The molecule has 33 heavy (non-hydrogen) atoms. The molecule has 1 aliphatic rings. The topological polar surface area (TPSA) is 61.4 Å². The third-order valence-electron chi connectivity index (χ3n) is 5.94. The van der Waals surface area contributed by atoms with Gasteiger partial charge >= 0.3 is 0 Å². The minimum absolute atomic E-state index is 0.157. The highest BCUT2D eigenvalue weighted by atomic mass is 32.2. The van der Waals surface area contributed by atoms with E-state index in [1.165, 1.54) is 11.1 Å². The number of rotatable bonds is 7. The quantitative estimate of drug-likeness (QED) is 0.468. The molecule has 1 fully saturated rings. The van der Waals surface area contributed by atoms with E-state index in [4.69, 9.17) is 12.2 Å². The van der Waals surface area contributed by atoms with Crippen molar-refractivity contribution in [3.05, 3.63) is 96.1 Å². The van der Waals surface area contributed by atoms with Crippen LogP contribution in [0.4, 0.5) is 5.69 Å². The fourth-order valence-electron chi connectivity index (χ4n) is 4.13. The van der Waals surface area contributed by atoms with E-state index in [-0.39, 0.29) is 5.92 Å². The van der Waals surface area contributed by atoms with E-state index in [2.05, 4.69) is 34.9 Å². The Labute approximate surface area is 201 Å². The van der Waals surface area contributed by atoms with Crippen LogP contribution in [0.2, 0.25) is 0 Å². The van der Waals surface area contributed by atoms with Gasteiger partial charge in [0.2, 0.25) is 10.0 Å². The second-order valence-corrected chi connectivity index (χ2v) is 10.5. The van der Waals surface area contributed by atoms with E-state index in [9.17, 15) is 8.42 Å². The molecule has 0 radical (unpaired) electrons. The van der Waals surface area contributed by atoms with Crippen molar-refractivity contribution < 1.29 is 8.42 Å². The van der Waals surface area contributed by atoms with Gasteiger partial charge in [-0.05, 0) is 60.5 Å². The number of benzene rings is 3. The summed E-state index contributed by atoms with van der Waals surface area (Å²) in [6.45, 7) is 1.84. The van der Waals surface area contributed by atoms with Gasteiger partial charge in [0.05, 0.1) is 4.90 Å². The summed E-state index contributed by atoms with van der Waals surface area (Å²) in [7, 11) is -3.43. The van der Waals surface area contributed by atoms with E-state index >= 15 is 0 Å². The SMILES string of the molecule is O=S(=O)(c1ccc(NC(=S)NCC(c2ccccc2)c2ccccc2)cc1)N1CCCCC1. The lowest BCUT2D eigenvalue weighted by atomic mass is 9.91. The molecule has 2 N–H and O–H groups in total. The number of hydrogen-bond donors (Lipinski definition) is 2. The minimum Gasteiger partial charge on any atom is -0.361 e. The third-order valence-corrected chi connectivity index (χ3v) is 8.09. The monoisotopic (exact) mass is 479 g/mol. The zero-order chi connectivity index (χ0) is 23.1. The Bertz CT molecular complexity index is 1110. The molecule has 0 amide bonds. The Morgan fingerprint density at radius 2 is 1.36 bits per heavy atom. The highest BCUT2D eigenvalue weighted by Crippen LogP contribution is 2.24. The first-order valence-electron chi connectivity index (χ1n) is 11.3. The van der Waals surface area contributed by atoms with Crippen molar-refractivity contribution in [2.24, 2.45) is 0 Å². The maximum absolute atomic E-state index is 12.8. The normalized spacial score (nSPS) is 14.7. The molecule has 5 nitrogen and oxygen atoms in total. The molecule has 0 saturated carbocycles. The summed E-state index contributed by atoms with van der Waals surface area (Å²) in [5.74, 6) is 0.157. The summed E-state index contributed by atoms with van der Waals surface area (Å²) in [5, 5.41) is 6.99. The number of hydrogen-bond acceptors (Lipinski definition) is 3. The van der Waals surface area contributed by atoms with E-state index < -0.39 is 10.0 Å². The predicted octanol–water partition coefficient (Wildman–Crippen LogP) is 4.98. The van der Waals surface area contributed by atoms with Crippen molar-refractivity contribution in [1.29, 1.82) is 0 Å². The molecule has 0 aliphatic carbocycles. The average molecular weight is 480 g/mol. The van der Waals surface area contributed by atoms with Crippen LogP contribution in [0.15, 0.2) is 89.8 Å². The molecule has 1 saturated heterocycles. The average Bonchev–Trinajstić information content (AvgIpc) is 2.86. The van der Waals surface area contributed by atoms with Gasteiger partial charge in [-0.3, -0.25) is 0 Å². The summed E-state index contributed by atoms with van der Waals surface area (Å²) in [5.41, 5.74) is 3.18. The Morgan fingerprint density at radius 3 is 1.91 bits per heavy atom. The van der Waals surface area contributed by atoms with Crippen LogP contribution in [0, 0.1) is 0 Å². The summed E-state index contributed by atoms with van der Waals surface area (Å²) in [6, 6.07) is 27.5. The van der Waals surface area contributed by atoms with Crippen molar-refractivity contribution in [2.75, 3.05) is 25.0 Å². The summed E-state index contributed by atoms with van der Waals surface area (Å²) in [4.78, 5) is 0.321. The highest BCUT2D eigenvalue weighted by molar-refractivity contribution is 7.89. The van der Waals surface area contributed by atoms with Crippen LogP contribution in [0.25, 0.3) is 0 Å². The van der Waals surface area contributed by atoms with Crippen LogP contribution >= 0.6 is 12.2 Å².